The highest BCUT2D eigenvalue weighted by Crippen LogP contribution is 2.40. The Bertz CT molecular complexity index is 533. The lowest BCUT2D eigenvalue weighted by atomic mass is 9.79. The molecule has 1 aromatic rings. The quantitative estimate of drug-likeness (QED) is 0.779. The zero-order valence-corrected chi connectivity index (χ0v) is 11.1. The molecular formula is C15H18N2O2. The number of carbonyl (C=O) groups excluding carboxylic acids is 2. The number of anilines is 1. The van der Waals surface area contributed by atoms with E-state index in [1.165, 1.54) is 4.90 Å². The minimum absolute atomic E-state index is 0.0321. The predicted octanol–water partition coefficient (Wildman–Crippen LogP) is 1.63. The van der Waals surface area contributed by atoms with Crippen molar-refractivity contribution in [1.29, 1.82) is 0 Å². The average molecular weight is 258 g/mol. The molecule has 2 aliphatic heterocycles. The monoisotopic (exact) mass is 258 g/mol. The Balaban J connectivity index is 1.95. The van der Waals surface area contributed by atoms with Crippen molar-refractivity contribution in [3.8, 4) is 0 Å². The molecule has 2 amide bonds. The number of imide groups is 1. The van der Waals surface area contributed by atoms with Crippen molar-refractivity contribution in [1.82, 2.24) is 5.32 Å². The van der Waals surface area contributed by atoms with Gasteiger partial charge in [0.25, 0.3) is 0 Å². The second-order valence-corrected chi connectivity index (χ2v) is 5.61. The molecule has 3 rings (SSSR count). The zero-order chi connectivity index (χ0) is 13.5. The molecule has 2 fully saturated rings. The van der Waals surface area contributed by atoms with Crippen molar-refractivity contribution in [2.24, 2.45) is 5.41 Å². The van der Waals surface area contributed by atoms with Gasteiger partial charge in [-0.3, -0.25) is 14.5 Å². The topological polar surface area (TPSA) is 49.4 Å². The van der Waals surface area contributed by atoms with Crippen LogP contribution >= 0.6 is 0 Å². The van der Waals surface area contributed by atoms with Crippen LogP contribution in [-0.2, 0) is 9.59 Å². The van der Waals surface area contributed by atoms with E-state index in [1.807, 2.05) is 31.2 Å². The molecule has 1 spiro atoms. The van der Waals surface area contributed by atoms with Gasteiger partial charge in [-0.1, -0.05) is 12.1 Å². The van der Waals surface area contributed by atoms with Gasteiger partial charge < -0.3 is 5.32 Å². The number of aryl methyl sites for hydroxylation is 1. The molecule has 2 heterocycles. The smallest absolute Gasteiger partial charge is 0.241 e. The first-order chi connectivity index (χ1) is 9.12. The highest BCUT2D eigenvalue weighted by atomic mass is 16.2. The second kappa shape index (κ2) is 4.46. The lowest BCUT2D eigenvalue weighted by molar-refractivity contribution is -0.126. The molecule has 1 unspecified atom stereocenters. The van der Waals surface area contributed by atoms with E-state index < -0.39 is 5.41 Å². The number of hydrogen-bond donors (Lipinski definition) is 1. The Morgan fingerprint density at radius 3 is 2.84 bits per heavy atom. The van der Waals surface area contributed by atoms with Crippen LogP contribution in [-0.4, -0.2) is 24.9 Å². The summed E-state index contributed by atoms with van der Waals surface area (Å²) >= 11 is 0. The molecule has 0 radical (unpaired) electrons. The van der Waals surface area contributed by atoms with Crippen molar-refractivity contribution in [3.63, 3.8) is 0 Å². The maximum absolute atomic E-state index is 12.7. The molecule has 4 nitrogen and oxygen atoms in total. The summed E-state index contributed by atoms with van der Waals surface area (Å²) in [5.41, 5.74) is 1.26. The van der Waals surface area contributed by atoms with Gasteiger partial charge in [-0.15, -0.1) is 0 Å². The minimum atomic E-state index is -0.501. The van der Waals surface area contributed by atoms with E-state index in [9.17, 15) is 9.59 Å². The van der Waals surface area contributed by atoms with Crippen LogP contribution in [0.3, 0.4) is 0 Å². The summed E-state index contributed by atoms with van der Waals surface area (Å²) in [7, 11) is 0. The SMILES string of the molecule is Cc1cccc(N2C(=O)CC3(CCCNC3)C2=O)c1. The number of hydrogen-bond acceptors (Lipinski definition) is 3. The Morgan fingerprint density at radius 1 is 1.32 bits per heavy atom. The molecule has 2 aliphatic rings. The van der Waals surface area contributed by atoms with E-state index in [4.69, 9.17) is 0 Å². The largest absolute Gasteiger partial charge is 0.316 e. The number of nitrogens with zero attached hydrogens (tertiary/aromatic N) is 1. The lowest BCUT2D eigenvalue weighted by Gasteiger charge is -2.31. The number of rotatable bonds is 1. The van der Waals surface area contributed by atoms with Crippen molar-refractivity contribution in [2.75, 3.05) is 18.0 Å². The van der Waals surface area contributed by atoms with Gasteiger partial charge in [-0.05, 0) is 44.0 Å². The van der Waals surface area contributed by atoms with Crippen LogP contribution in [0.15, 0.2) is 24.3 Å². The molecular weight excluding hydrogens is 240 g/mol. The van der Waals surface area contributed by atoms with E-state index in [2.05, 4.69) is 5.32 Å². The van der Waals surface area contributed by atoms with Gasteiger partial charge in [-0.2, -0.15) is 0 Å². The summed E-state index contributed by atoms with van der Waals surface area (Å²) < 4.78 is 0. The fourth-order valence-electron chi connectivity index (χ4n) is 3.12. The van der Waals surface area contributed by atoms with Crippen LogP contribution in [0.5, 0.6) is 0 Å². The molecule has 1 N–H and O–H groups in total. The Kier molecular flexibility index (Phi) is 2.90. The van der Waals surface area contributed by atoms with E-state index in [0.717, 1.165) is 24.9 Å². The van der Waals surface area contributed by atoms with Crippen LogP contribution in [0.1, 0.15) is 24.8 Å². The highest BCUT2D eigenvalue weighted by molar-refractivity contribution is 6.22. The third-order valence-corrected chi connectivity index (χ3v) is 4.13. The molecule has 1 atom stereocenters. The van der Waals surface area contributed by atoms with Gasteiger partial charge >= 0.3 is 0 Å². The highest BCUT2D eigenvalue weighted by Gasteiger charge is 2.52. The Morgan fingerprint density at radius 2 is 2.16 bits per heavy atom. The lowest BCUT2D eigenvalue weighted by Crippen LogP contribution is -2.45. The molecule has 0 saturated carbocycles. The summed E-state index contributed by atoms with van der Waals surface area (Å²) in [6.45, 7) is 3.53. The first-order valence-electron chi connectivity index (χ1n) is 6.77. The normalized spacial score (nSPS) is 27.3. The zero-order valence-electron chi connectivity index (χ0n) is 11.1. The Hall–Kier alpha value is -1.68. The summed E-state index contributed by atoms with van der Waals surface area (Å²) in [5.74, 6) is -0.102. The number of nitrogens with one attached hydrogen (secondary N) is 1. The van der Waals surface area contributed by atoms with E-state index >= 15 is 0 Å². The molecule has 2 saturated heterocycles. The van der Waals surface area contributed by atoms with Gasteiger partial charge in [0.2, 0.25) is 11.8 Å². The van der Waals surface area contributed by atoms with Crippen LogP contribution < -0.4 is 10.2 Å². The molecule has 0 bridgehead atoms. The summed E-state index contributed by atoms with van der Waals surface area (Å²) in [5, 5.41) is 3.25. The summed E-state index contributed by atoms with van der Waals surface area (Å²) in [6.07, 6.45) is 2.11. The minimum Gasteiger partial charge on any atom is -0.316 e. The third kappa shape index (κ3) is 1.96. The Labute approximate surface area is 112 Å². The van der Waals surface area contributed by atoms with Crippen LogP contribution in [0.2, 0.25) is 0 Å². The predicted molar refractivity (Wildman–Crippen MR) is 72.8 cm³/mol. The third-order valence-electron chi connectivity index (χ3n) is 4.13. The first kappa shape index (κ1) is 12.4. The first-order valence-corrected chi connectivity index (χ1v) is 6.77. The van der Waals surface area contributed by atoms with Gasteiger partial charge in [-0.25, -0.2) is 0 Å². The number of carbonyl (C=O) groups is 2. The second-order valence-electron chi connectivity index (χ2n) is 5.61. The van der Waals surface area contributed by atoms with Crippen molar-refractivity contribution in [2.45, 2.75) is 26.2 Å². The van der Waals surface area contributed by atoms with E-state index in [-0.39, 0.29) is 11.8 Å². The molecule has 100 valence electrons. The van der Waals surface area contributed by atoms with Gasteiger partial charge in [0, 0.05) is 13.0 Å². The van der Waals surface area contributed by atoms with Crippen molar-refractivity contribution in [3.05, 3.63) is 29.8 Å². The van der Waals surface area contributed by atoms with Crippen LogP contribution in [0.4, 0.5) is 5.69 Å². The van der Waals surface area contributed by atoms with Gasteiger partial charge in [0.15, 0.2) is 0 Å². The maximum Gasteiger partial charge on any atom is 0.241 e. The van der Waals surface area contributed by atoms with Gasteiger partial charge in [0.05, 0.1) is 11.1 Å². The fourth-order valence-corrected chi connectivity index (χ4v) is 3.12. The average Bonchev–Trinajstić information content (AvgIpc) is 2.62. The molecule has 1 aromatic carbocycles. The summed E-state index contributed by atoms with van der Waals surface area (Å²) in [6, 6.07) is 7.57. The maximum atomic E-state index is 12.7. The van der Waals surface area contributed by atoms with Crippen LogP contribution in [0.25, 0.3) is 0 Å². The molecule has 0 aromatic heterocycles. The molecule has 0 aliphatic carbocycles. The van der Waals surface area contributed by atoms with Gasteiger partial charge in [0.1, 0.15) is 0 Å². The number of amides is 2. The fraction of sp³-hybridized carbons (Fsp3) is 0.467. The van der Waals surface area contributed by atoms with E-state index in [0.29, 0.717) is 18.7 Å². The summed E-state index contributed by atoms with van der Waals surface area (Å²) in [4.78, 5) is 26.3. The standard InChI is InChI=1S/C15H18N2O2/c1-11-4-2-5-12(8-11)17-13(18)9-15(14(17)19)6-3-7-16-10-15/h2,4-5,8,16H,3,6-7,9-10H2,1H3. The number of benzene rings is 1. The van der Waals surface area contributed by atoms with Crippen molar-refractivity contribution >= 4 is 17.5 Å². The van der Waals surface area contributed by atoms with Crippen molar-refractivity contribution < 1.29 is 9.59 Å². The number of piperidine rings is 1. The molecule has 19 heavy (non-hydrogen) atoms. The van der Waals surface area contributed by atoms with E-state index in [1.54, 1.807) is 0 Å². The molecule has 4 heteroatoms. The van der Waals surface area contributed by atoms with Crippen LogP contribution in [0, 0.1) is 12.3 Å².